The molecule has 0 bridgehead atoms. The van der Waals surface area contributed by atoms with Crippen molar-refractivity contribution in [3.8, 4) is 0 Å². The minimum absolute atomic E-state index is 0.396. The standard InChI is InChI=1S/C16H22N2O4/c1-4-21-15(22-5-2)10-18-13-9-7-6-8-12(13)16(17-20-3)14(18)11-19/h6-9,11,14-15H,4-5,10H2,1-3H3. The second-order valence-corrected chi connectivity index (χ2v) is 4.75. The van der Waals surface area contributed by atoms with Crippen molar-refractivity contribution in [1.29, 1.82) is 0 Å². The van der Waals surface area contributed by atoms with Crippen LogP contribution in [0, 0.1) is 0 Å². The Morgan fingerprint density at radius 3 is 2.55 bits per heavy atom. The number of fused-ring (bicyclic) bond motifs is 1. The van der Waals surface area contributed by atoms with Gasteiger partial charge in [-0.25, -0.2) is 0 Å². The Kier molecular flexibility index (Phi) is 5.91. The molecular weight excluding hydrogens is 284 g/mol. The summed E-state index contributed by atoms with van der Waals surface area (Å²) in [7, 11) is 1.48. The van der Waals surface area contributed by atoms with E-state index in [1.165, 1.54) is 7.11 Å². The van der Waals surface area contributed by atoms with Crippen molar-refractivity contribution >= 4 is 17.7 Å². The first-order valence-corrected chi connectivity index (χ1v) is 7.42. The molecule has 2 rings (SSSR count). The van der Waals surface area contributed by atoms with E-state index in [4.69, 9.17) is 14.3 Å². The number of carbonyl (C=O) groups excluding carboxylic acids is 1. The molecule has 1 atom stereocenters. The molecule has 0 aliphatic carbocycles. The fourth-order valence-corrected chi connectivity index (χ4v) is 2.63. The number of hydrogen-bond donors (Lipinski definition) is 0. The van der Waals surface area contributed by atoms with E-state index in [-0.39, 0.29) is 0 Å². The van der Waals surface area contributed by atoms with Crippen LogP contribution in [0.1, 0.15) is 19.4 Å². The Morgan fingerprint density at radius 1 is 1.27 bits per heavy atom. The van der Waals surface area contributed by atoms with Crippen molar-refractivity contribution in [3.63, 3.8) is 0 Å². The quantitative estimate of drug-likeness (QED) is 0.416. The average molecular weight is 306 g/mol. The zero-order valence-corrected chi connectivity index (χ0v) is 13.2. The second-order valence-electron chi connectivity index (χ2n) is 4.75. The predicted molar refractivity (Wildman–Crippen MR) is 84.2 cm³/mol. The summed E-state index contributed by atoms with van der Waals surface area (Å²) >= 11 is 0. The van der Waals surface area contributed by atoms with Crippen LogP contribution >= 0.6 is 0 Å². The summed E-state index contributed by atoms with van der Waals surface area (Å²) in [4.78, 5) is 18.5. The van der Waals surface area contributed by atoms with Gasteiger partial charge >= 0.3 is 0 Å². The number of rotatable bonds is 8. The van der Waals surface area contributed by atoms with E-state index in [1.54, 1.807) is 0 Å². The van der Waals surface area contributed by atoms with E-state index in [1.807, 2.05) is 43.0 Å². The third kappa shape index (κ3) is 3.28. The topological polar surface area (TPSA) is 60.4 Å². The molecule has 1 aliphatic rings. The lowest BCUT2D eigenvalue weighted by atomic mass is 10.1. The third-order valence-electron chi connectivity index (χ3n) is 3.47. The van der Waals surface area contributed by atoms with Crippen LogP contribution in [0.15, 0.2) is 29.4 Å². The number of carbonyl (C=O) groups is 1. The molecule has 1 aromatic carbocycles. The Hall–Kier alpha value is -1.92. The minimum atomic E-state index is -0.499. The van der Waals surface area contributed by atoms with Crippen LogP contribution in [-0.2, 0) is 19.1 Å². The molecule has 6 heteroatoms. The van der Waals surface area contributed by atoms with Gasteiger partial charge < -0.3 is 24.0 Å². The Morgan fingerprint density at radius 2 is 1.95 bits per heavy atom. The Bertz CT molecular complexity index is 527. The first kappa shape index (κ1) is 16.5. The average Bonchev–Trinajstić information content (AvgIpc) is 2.82. The summed E-state index contributed by atoms with van der Waals surface area (Å²) in [5, 5.41) is 4.03. The van der Waals surface area contributed by atoms with Gasteiger partial charge in [-0.2, -0.15) is 0 Å². The van der Waals surface area contributed by atoms with E-state index >= 15 is 0 Å². The highest BCUT2D eigenvalue weighted by atomic mass is 16.7. The van der Waals surface area contributed by atoms with Crippen molar-refractivity contribution in [1.82, 2.24) is 0 Å². The van der Waals surface area contributed by atoms with E-state index in [0.29, 0.717) is 25.5 Å². The molecule has 0 N–H and O–H groups in total. The van der Waals surface area contributed by atoms with Crippen LogP contribution in [0.3, 0.4) is 0 Å². The molecule has 120 valence electrons. The number of ether oxygens (including phenoxy) is 2. The van der Waals surface area contributed by atoms with Crippen molar-refractivity contribution in [3.05, 3.63) is 29.8 Å². The lowest BCUT2D eigenvalue weighted by molar-refractivity contribution is -0.130. The maximum Gasteiger partial charge on any atom is 0.174 e. The van der Waals surface area contributed by atoms with Crippen LogP contribution in [0.4, 0.5) is 5.69 Å². The fourth-order valence-electron chi connectivity index (χ4n) is 2.63. The number of aldehydes is 1. The van der Waals surface area contributed by atoms with Crippen molar-refractivity contribution in [2.75, 3.05) is 31.8 Å². The SMILES string of the molecule is CCOC(CN1c2ccccc2C(=NOC)C1C=O)OCC. The first-order valence-electron chi connectivity index (χ1n) is 7.42. The van der Waals surface area contributed by atoms with Crippen LogP contribution < -0.4 is 4.90 Å². The first-order chi connectivity index (χ1) is 10.8. The van der Waals surface area contributed by atoms with Crippen molar-refractivity contribution in [2.45, 2.75) is 26.2 Å². The summed E-state index contributed by atoms with van der Waals surface area (Å²) in [5.41, 5.74) is 2.44. The monoisotopic (exact) mass is 306 g/mol. The molecule has 0 amide bonds. The van der Waals surface area contributed by atoms with E-state index in [2.05, 4.69) is 5.16 Å². The van der Waals surface area contributed by atoms with Gasteiger partial charge in [-0.1, -0.05) is 23.4 Å². The molecule has 0 fully saturated rings. The number of nitrogens with zero attached hydrogens (tertiary/aromatic N) is 2. The zero-order valence-electron chi connectivity index (χ0n) is 13.2. The highest BCUT2D eigenvalue weighted by Crippen LogP contribution is 2.32. The Labute approximate surface area is 130 Å². The maximum atomic E-state index is 11.6. The van der Waals surface area contributed by atoms with Crippen LogP contribution in [-0.4, -0.2) is 51.2 Å². The third-order valence-corrected chi connectivity index (χ3v) is 3.47. The van der Waals surface area contributed by atoms with Gasteiger partial charge in [0.2, 0.25) is 0 Å². The van der Waals surface area contributed by atoms with Crippen molar-refractivity contribution in [2.24, 2.45) is 5.16 Å². The van der Waals surface area contributed by atoms with Gasteiger partial charge in [0.1, 0.15) is 25.1 Å². The number of anilines is 1. The zero-order chi connectivity index (χ0) is 15.9. The Balaban J connectivity index is 2.32. The van der Waals surface area contributed by atoms with Gasteiger partial charge in [-0.15, -0.1) is 0 Å². The maximum absolute atomic E-state index is 11.6. The van der Waals surface area contributed by atoms with Gasteiger partial charge in [-0.3, -0.25) is 0 Å². The summed E-state index contributed by atoms with van der Waals surface area (Å²) in [6.07, 6.45) is 0.472. The van der Waals surface area contributed by atoms with Gasteiger partial charge in [0, 0.05) is 24.5 Å². The largest absolute Gasteiger partial charge is 0.399 e. The van der Waals surface area contributed by atoms with Gasteiger partial charge in [0.15, 0.2) is 6.29 Å². The summed E-state index contributed by atoms with van der Waals surface area (Å²) < 4.78 is 11.2. The van der Waals surface area contributed by atoms with Gasteiger partial charge in [-0.05, 0) is 19.9 Å². The molecule has 22 heavy (non-hydrogen) atoms. The number of para-hydroxylation sites is 1. The highest BCUT2D eigenvalue weighted by molar-refractivity contribution is 6.20. The molecule has 1 aliphatic heterocycles. The minimum Gasteiger partial charge on any atom is -0.399 e. The molecule has 0 aromatic heterocycles. The van der Waals surface area contributed by atoms with Gasteiger partial charge in [0.05, 0.1) is 6.54 Å². The highest BCUT2D eigenvalue weighted by Gasteiger charge is 2.37. The molecule has 0 spiro atoms. The molecule has 6 nitrogen and oxygen atoms in total. The molecule has 1 heterocycles. The normalized spacial score (nSPS) is 18.8. The smallest absolute Gasteiger partial charge is 0.174 e. The lowest BCUT2D eigenvalue weighted by Crippen LogP contribution is -2.43. The fraction of sp³-hybridized carbons (Fsp3) is 0.500. The number of benzene rings is 1. The molecule has 1 aromatic rings. The molecular formula is C16H22N2O4. The molecule has 0 radical (unpaired) electrons. The van der Waals surface area contributed by atoms with Crippen LogP contribution in [0.2, 0.25) is 0 Å². The summed E-state index contributed by atoms with van der Waals surface area (Å²) in [6, 6.07) is 7.23. The van der Waals surface area contributed by atoms with E-state index in [0.717, 1.165) is 17.5 Å². The van der Waals surface area contributed by atoms with Crippen LogP contribution in [0.5, 0.6) is 0 Å². The van der Waals surface area contributed by atoms with Gasteiger partial charge in [0.25, 0.3) is 0 Å². The number of hydrogen-bond acceptors (Lipinski definition) is 6. The molecule has 0 saturated heterocycles. The summed E-state index contributed by atoms with van der Waals surface area (Å²) in [5.74, 6) is 0. The van der Waals surface area contributed by atoms with Crippen molar-refractivity contribution < 1.29 is 19.1 Å². The predicted octanol–water partition coefficient (Wildman–Crippen LogP) is 1.82. The van der Waals surface area contributed by atoms with E-state index < -0.39 is 12.3 Å². The molecule has 0 saturated carbocycles. The second kappa shape index (κ2) is 7.91. The molecule has 1 unspecified atom stereocenters. The van der Waals surface area contributed by atoms with E-state index in [9.17, 15) is 4.79 Å². The lowest BCUT2D eigenvalue weighted by Gasteiger charge is -2.28. The van der Waals surface area contributed by atoms with Crippen LogP contribution in [0.25, 0.3) is 0 Å². The summed E-state index contributed by atoms with van der Waals surface area (Å²) in [6.45, 7) is 5.37. The number of oxime groups is 1.